The van der Waals surface area contributed by atoms with Gasteiger partial charge in [-0.3, -0.25) is 0 Å². The molecule has 0 saturated heterocycles. The van der Waals surface area contributed by atoms with Crippen LogP contribution in [0.1, 0.15) is 51.0 Å². The molecule has 0 N–H and O–H groups in total. The first-order valence-electron chi connectivity index (χ1n) is 8.90. The van der Waals surface area contributed by atoms with E-state index in [0.29, 0.717) is 0 Å². The topological polar surface area (TPSA) is 0 Å². The molecule has 0 spiro atoms. The van der Waals surface area contributed by atoms with Gasteiger partial charge in [0.2, 0.25) is 0 Å². The van der Waals surface area contributed by atoms with Gasteiger partial charge in [-0.1, -0.05) is 81.5 Å². The van der Waals surface area contributed by atoms with Crippen LogP contribution in [0.4, 0.5) is 0 Å². The highest BCUT2D eigenvalue weighted by Crippen LogP contribution is 2.35. The maximum absolute atomic E-state index is 3.88. The van der Waals surface area contributed by atoms with E-state index in [-0.39, 0.29) is 0 Å². The van der Waals surface area contributed by atoms with Crippen molar-refractivity contribution >= 4 is 37.5 Å². The van der Waals surface area contributed by atoms with Gasteiger partial charge in [0.25, 0.3) is 0 Å². The normalized spacial score (nSPS) is 11.4. The zero-order valence-electron chi connectivity index (χ0n) is 13.9. The molecule has 3 aromatic carbocycles. The first-order chi connectivity index (χ1) is 11.3. The molecule has 0 nitrogen and oxygen atoms in total. The van der Waals surface area contributed by atoms with E-state index < -0.39 is 0 Å². The molecule has 0 amide bonds. The molecule has 0 aliphatic carbocycles. The van der Waals surface area contributed by atoms with E-state index >= 15 is 0 Å². The third-order valence-corrected chi connectivity index (χ3v) is 5.53. The molecule has 3 rings (SSSR count). The van der Waals surface area contributed by atoms with Crippen molar-refractivity contribution in [3.05, 3.63) is 58.6 Å². The Kier molecular flexibility index (Phi) is 5.72. The van der Waals surface area contributed by atoms with Crippen molar-refractivity contribution in [2.45, 2.75) is 51.9 Å². The summed E-state index contributed by atoms with van der Waals surface area (Å²) in [6.07, 6.45) is 9.29. The van der Waals surface area contributed by atoms with Gasteiger partial charge in [0.05, 0.1) is 0 Å². The van der Waals surface area contributed by atoms with Crippen molar-refractivity contribution in [3.63, 3.8) is 0 Å². The average molecular weight is 369 g/mol. The van der Waals surface area contributed by atoms with E-state index in [0.717, 1.165) is 0 Å². The Morgan fingerprint density at radius 1 is 0.783 bits per heavy atom. The van der Waals surface area contributed by atoms with Crippen LogP contribution in [0.5, 0.6) is 0 Å². The highest BCUT2D eigenvalue weighted by Gasteiger charge is 2.09. The van der Waals surface area contributed by atoms with E-state index in [4.69, 9.17) is 0 Å². The van der Waals surface area contributed by atoms with Gasteiger partial charge in [-0.15, -0.1) is 0 Å². The van der Waals surface area contributed by atoms with Crippen LogP contribution in [0.3, 0.4) is 0 Å². The first-order valence-corrected chi connectivity index (χ1v) is 9.69. The SMILES string of the molecule is CCCCCCCCc1cccc2cc3ccccc3c(Br)c12. The predicted octanol–water partition coefficient (Wildman–Crippen LogP) is 7.66. The summed E-state index contributed by atoms with van der Waals surface area (Å²) in [5.41, 5.74) is 1.48. The van der Waals surface area contributed by atoms with Gasteiger partial charge >= 0.3 is 0 Å². The van der Waals surface area contributed by atoms with Crippen LogP contribution < -0.4 is 0 Å². The second kappa shape index (κ2) is 7.97. The van der Waals surface area contributed by atoms with Crippen molar-refractivity contribution in [2.24, 2.45) is 0 Å². The van der Waals surface area contributed by atoms with E-state index in [2.05, 4.69) is 71.4 Å². The summed E-state index contributed by atoms with van der Waals surface area (Å²) in [5, 5.41) is 5.37. The van der Waals surface area contributed by atoms with Gasteiger partial charge in [-0.05, 0) is 61.9 Å². The quantitative estimate of drug-likeness (QED) is 0.296. The van der Waals surface area contributed by atoms with Gasteiger partial charge in [0, 0.05) is 4.47 Å². The Balaban J connectivity index is 1.84. The molecule has 0 aliphatic heterocycles. The maximum Gasteiger partial charge on any atom is 0.0334 e. The smallest absolute Gasteiger partial charge is 0.0334 e. The van der Waals surface area contributed by atoms with Crippen LogP contribution in [0.25, 0.3) is 21.5 Å². The number of fused-ring (bicyclic) bond motifs is 2. The minimum atomic E-state index is 1.18. The van der Waals surface area contributed by atoms with Crippen molar-refractivity contribution < 1.29 is 0 Å². The molecule has 0 saturated carbocycles. The molecule has 23 heavy (non-hydrogen) atoms. The zero-order chi connectivity index (χ0) is 16.1. The summed E-state index contributed by atoms with van der Waals surface area (Å²) < 4.78 is 1.26. The van der Waals surface area contributed by atoms with Gasteiger partial charge in [-0.2, -0.15) is 0 Å². The molecule has 0 aliphatic rings. The summed E-state index contributed by atoms with van der Waals surface area (Å²) in [4.78, 5) is 0. The molecule has 0 bridgehead atoms. The Morgan fingerprint density at radius 2 is 1.52 bits per heavy atom. The predicted molar refractivity (Wildman–Crippen MR) is 106 cm³/mol. The van der Waals surface area contributed by atoms with Crippen LogP contribution in [-0.2, 0) is 6.42 Å². The second-order valence-corrected chi connectivity index (χ2v) is 7.24. The van der Waals surface area contributed by atoms with E-state index in [1.165, 1.54) is 76.5 Å². The summed E-state index contributed by atoms with van der Waals surface area (Å²) in [5.74, 6) is 0. The largest absolute Gasteiger partial charge is 0.0654 e. The standard InChI is InChI=1S/C22H25Br/c1-2-3-4-5-6-7-11-17-13-10-14-19-16-18-12-8-9-15-20(18)22(23)21(17)19/h8-10,12-16H,2-7,11H2,1H3. The maximum atomic E-state index is 3.88. The molecule has 1 heteroatoms. The number of unbranched alkanes of at least 4 members (excludes halogenated alkanes) is 5. The lowest BCUT2D eigenvalue weighted by Crippen LogP contribution is -1.90. The van der Waals surface area contributed by atoms with Gasteiger partial charge in [0.1, 0.15) is 0 Å². The molecular formula is C22H25Br. The number of hydrogen-bond acceptors (Lipinski definition) is 0. The summed E-state index contributed by atoms with van der Waals surface area (Å²) in [6.45, 7) is 2.28. The highest BCUT2D eigenvalue weighted by molar-refractivity contribution is 9.10. The fraction of sp³-hybridized carbons (Fsp3) is 0.364. The number of aryl methyl sites for hydroxylation is 1. The Labute approximate surface area is 148 Å². The number of halogens is 1. The van der Waals surface area contributed by atoms with Crippen LogP contribution in [-0.4, -0.2) is 0 Å². The fourth-order valence-electron chi connectivity index (χ4n) is 3.44. The molecule has 120 valence electrons. The Hall–Kier alpha value is -1.34. The van der Waals surface area contributed by atoms with E-state index in [1.807, 2.05) is 0 Å². The van der Waals surface area contributed by atoms with Gasteiger partial charge in [0.15, 0.2) is 0 Å². The Morgan fingerprint density at radius 3 is 2.39 bits per heavy atom. The Bertz CT molecular complexity index is 788. The summed E-state index contributed by atoms with van der Waals surface area (Å²) in [6, 6.07) is 17.7. The van der Waals surface area contributed by atoms with Crippen LogP contribution in [0, 0.1) is 0 Å². The van der Waals surface area contributed by atoms with Crippen molar-refractivity contribution in [2.75, 3.05) is 0 Å². The van der Waals surface area contributed by atoms with Crippen molar-refractivity contribution in [1.29, 1.82) is 0 Å². The third-order valence-electron chi connectivity index (χ3n) is 4.71. The van der Waals surface area contributed by atoms with Crippen molar-refractivity contribution in [3.8, 4) is 0 Å². The number of rotatable bonds is 7. The molecule has 0 unspecified atom stereocenters. The molecule has 0 fully saturated rings. The molecule has 0 radical (unpaired) electrons. The molecule has 0 atom stereocenters. The minimum absolute atomic E-state index is 1.18. The molecule has 0 aromatic heterocycles. The van der Waals surface area contributed by atoms with Crippen LogP contribution in [0.2, 0.25) is 0 Å². The third kappa shape index (κ3) is 3.77. The minimum Gasteiger partial charge on any atom is -0.0654 e. The number of benzene rings is 3. The highest BCUT2D eigenvalue weighted by atomic mass is 79.9. The van der Waals surface area contributed by atoms with Crippen LogP contribution in [0.15, 0.2) is 53.0 Å². The monoisotopic (exact) mass is 368 g/mol. The summed E-state index contributed by atoms with van der Waals surface area (Å²) >= 11 is 3.88. The van der Waals surface area contributed by atoms with Crippen LogP contribution >= 0.6 is 15.9 Å². The lowest BCUT2D eigenvalue weighted by molar-refractivity contribution is 0.608. The lowest BCUT2D eigenvalue weighted by Gasteiger charge is -2.11. The molecular weight excluding hydrogens is 344 g/mol. The first kappa shape index (κ1) is 16.5. The molecule has 3 aromatic rings. The fourth-order valence-corrected chi connectivity index (χ4v) is 4.28. The van der Waals surface area contributed by atoms with Gasteiger partial charge in [-0.25, -0.2) is 0 Å². The number of hydrogen-bond donors (Lipinski definition) is 0. The van der Waals surface area contributed by atoms with E-state index in [9.17, 15) is 0 Å². The zero-order valence-corrected chi connectivity index (χ0v) is 15.5. The average Bonchev–Trinajstić information content (AvgIpc) is 2.58. The van der Waals surface area contributed by atoms with Crippen molar-refractivity contribution in [1.82, 2.24) is 0 Å². The molecule has 0 heterocycles. The summed E-state index contributed by atoms with van der Waals surface area (Å²) in [7, 11) is 0. The van der Waals surface area contributed by atoms with Gasteiger partial charge < -0.3 is 0 Å². The van der Waals surface area contributed by atoms with E-state index in [1.54, 1.807) is 0 Å². The second-order valence-electron chi connectivity index (χ2n) is 6.44. The lowest BCUT2D eigenvalue weighted by atomic mass is 9.96.